The molecule has 0 amide bonds. The third-order valence-electron chi connectivity index (χ3n) is 4.11. The molecule has 1 aliphatic heterocycles. The van der Waals surface area contributed by atoms with Crippen molar-refractivity contribution < 1.29 is 12.8 Å². The zero-order chi connectivity index (χ0) is 17.0. The number of sulfonamides is 1. The van der Waals surface area contributed by atoms with Crippen LogP contribution in [0, 0.1) is 5.82 Å². The van der Waals surface area contributed by atoms with Crippen LogP contribution in [0.2, 0.25) is 0 Å². The van der Waals surface area contributed by atoms with E-state index < -0.39 is 10.0 Å². The third-order valence-corrected chi connectivity index (χ3v) is 5.37. The van der Waals surface area contributed by atoms with Crippen molar-refractivity contribution in [3.05, 3.63) is 59.9 Å². The van der Waals surface area contributed by atoms with E-state index in [1.165, 1.54) is 43.5 Å². The van der Waals surface area contributed by atoms with Gasteiger partial charge in [-0.2, -0.15) is 0 Å². The molecule has 1 N–H and O–H groups in total. The van der Waals surface area contributed by atoms with Crippen molar-refractivity contribution in [2.24, 2.45) is 0 Å². The predicted molar refractivity (Wildman–Crippen MR) is 95.2 cm³/mol. The zero-order valence-electron chi connectivity index (χ0n) is 13.4. The molecule has 0 bridgehead atoms. The van der Waals surface area contributed by atoms with Gasteiger partial charge in [-0.05, 0) is 55.2 Å². The number of halogens is 1. The summed E-state index contributed by atoms with van der Waals surface area (Å²) in [7, 11) is -3.54. The molecule has 1 fully saturated rings. The van der Waals surface area contributed by atoms with E-state index in [1.807, 2.05) is 18.2 Å². The highest BCUT2D eigenvalue weighted by Crippen LogP contribution is 2.24. The van der Waals surface area contributed by atoms with Crippen LogP contribution in [-0.4, -0.2) is 21.5 Å². The van der Waals surface area contributed by atoms with Gasteiger partial charge in [0, 0.05) is 18.8 Å². The molecule has 0 spiro atoms. The lowest BCUT2D eigenvalue weighted by molar-refractivity contribution is 0.578. The van der Waals surface area contributed by atoms with Gasteiger partial charge in [0.05, 0.1) is 11.4 Å². The number of hydrogen-bond acceptors (Lipinski definition) is 3. The Morgan fingerprint density at radius 3 is 2.42 bits per heavy atom. The number of anilines is 2. The van der Waals surface area contributed by atoms with Crippen molar-refractivity contribution in [2.75, 3.05) is 22.7 Å². The van der Waals surface area contributed by atoms with Crippen LogP contribution < -0.4 is 9.62 Å². The van der Waals surface area contributed by atoms with E-state index in [0.717, 1.165) is 18.8 Å². The van der Waals surface area contributed by atoms with Crippen LogP contribution in [-0.2, 0) is 15.8 Å². The molecule has 4 nitrogen and oxygen atoms in total. The minimum Gasteiger partial charge on any atom is -0.371 e. The van der Waals surface area contributed by atoms with Gasteiger partial charge in [0.25, 0.3) is 0 Å². The van der Waals surface area contributed by atoms with Crippen molar-refractivity contribution in [3.8, 4) is 0 Å². The summed E-state index contributed by atoms with van der Waals surface area (Å²) in [6.45, 7) is 2.01. The van der Waals surface area contributed by atoms with Gasteiger partial charge in [0.1, 0.15) is 5.82 Å². The van der Waals surface area contributed by atoms with Gasteiger partial charge in [-0.15, -0.1) is 0 Å². The topological polar surface area (TPSA) is 49.4 Å². The van der Waals surface area contributed by atoms with Gasteiger partial charge in [0.15, 0.2) is 0 Å². The molecule has 6 heteroatoms. The molecule has 3 rings (SSSR count). The molecule has 0 atom stereocenters. The summed E-state index contributed by atoms with van der Waals surface area (Å²) in [5, 5.41) is 0. The van der Waals surface area contributed by atoms with Crippen molar-refractivity contribution in [1.82, 2.24) is 0 Å². The monoisotopic (exact) mass is 348 g/mol. The van der Waals surface area contributed by atoms with Gasteiger partial charge in [-0.25, -0.2) is 12.8 Å². The second-order valence-electron chi connectivity index (χ2n) is 6.09. The minimum atomic E-state index is -3.54. The van der Waals surface area contributed by atoms with E-state index in [4.69, 9.17) is 0 Å². The van der Waals surface area contributed by atoms with Gasteiger partial charge in [-0.3, -0.25) is 4.72 Å². The lowest BCUT2D eigenvalue weighted by atomic mass is 10.1. The molecule has 2 aromatic carbocycles. The highest BCUT2D eigenvalue weighted by atomic mass is 32.2. The molecule has 0 unspecified atom stereocenters. The fourth-order valence-electron chi connectivity index (χ4n) is 2.93. The van der Waals surface area contributed by atoms with Gasteiger partial charge < -0.3 is 4.90 Å². The van der Waals surface area contributed by atoms with Gasteiger partial charge >= 0.3 is 0 Å². The van der Waals surface area contributed by atoms with E-state index in [1.54, 1.807) is 6.07 Å². The molecular weight excluding hydrogens is 327 g/mol. The lowest BCUT2D eigenvalue weighted by Crippen LogP contribution is -2.29. The van der Waals surface area contributed by atoms with Crippen molar-refractivity contribution in [3.63, 3.8) is 0 Å². The molecule has 0 radical (unpaired) electrons. The molecular formula is C18H21FN2O2S. The summed E-state index contributed by atoms with van der Waals surface area (Å²) >= 11 is 0. The average Bonchev–Trinajstić information content (AvgIpc) is 2.57. The molecule has 2 aromatic rings. The van der Waals surface area contributed by atoms with Crippen LogP contribution in [0.5, 0.6) is 0 Å². The molecule has 128 valence electrons. The van der Waals surface area contributed by atoms with E-state index in [-0.39, 0.29) is 11.6 Å². The third kappa shape index (κ3) is 4.47. The normalized spacial score (nSPS) is 15.3. The van der Waals surface area contributed by atoms with Crippen LogP contribution >= 0.6 is 0 Å². The summed E-state index contributed by atoms with van der Waals surface area (Å²) in [6, 6.07) is 13.0. The first-order valence-corrected chi connectivity index (χ1v) is 9.77. The average molecular weight is 348 g/mol. The Morgan fingerprint density at radius 2 is 1.71 bits per heavy atom. The second-order valence-corrected chi connectivity index (χ2v) is 7.81. The van der Waals surface area contributed by atoms with E-state index in [9.17, 15) is 12.8 Å². The Kier molecular flexibility index (Phi) is 5.04. The Bertz CT molecular complexity index is 785. The van der Waals surface area contributed by atoms with Crippen LogP contribution in [0.25, 0.3) is 0 Å². The first-order chi connectivity index (χ1) is 11.5. The smallest absolute Gasteiger partial charge is 0.236 e. The number of nitrogens with zero attached hydrogens (tertiary/aromatic N) is 1. The Balaban J connectivity index is 1.71. The van der Waals surface area contributed by atoms with Crippen LogP contribution in [0.15, 0.2) is 48.5 Å². The summed E-state index contributed by atoms with van der Waals surface area (Å²) in [6.07, 6.45) is 3.58. The molecule has 24 heavy (non-hydrogen) atoms. The summed E-state index contributed by atoms with van der Waals surface area (Å²) in [5.74, 6) is -0.556. The Morgan fingerprint density at radius 1 is 1.00 bits per heavy atom. The maximum absolute atomic E-state index is 12.9. The predicted octanol–water partition coefficient (Wildman–Crippen LogP) is 3.76. The number of benzene rings is 2. The van der Waals surface area contributed by atoms with Crippen LogP contribution in [0.1, 0.15) is 24.8 Å². The number of rotatable bonds is 5. The first kappa shape index (κ1) is 16.8. The second kappa shape index (κ2) is 7.21. The Hall–Kier alpha value is -2.08. The number of piperidine rings is 1. The molecule has 1 aliphatic rings. The quantitative estimate of drug-likeness (QED) is 0.895. The first-order valence-electron chi connectivity index (χ1n) is 8.12. The maximum Gasteiger partial charge on any atom is 0.236 e. The van der Waals surface area contributed by atoms with Crippen molar-refractivity contribution in [1.29, 1.82) is 0 Å². The lowest BCUT2D eigenvalue weighted by Gasteiger charge is -2.29. The summed E-state index contributed by atoms with van der Waals surface area (Å²) in [5.41, 5.74) is 2.15. The minimum absolute atomic E-state index is 0.179. The van der Waals surface area contributed by atoms with Crippen LogP contribution in [0.4, 0.5) is 15.8 Å². The molecule has 0 aliphatic carbocycles. The summed E-state index contributed by atoms with van der Waals surface area (Å²) in [4.78, 5) is 2.28. The molecule has 0 saturated carbocycles. The van der Waals surface area contributed by atoms with Crippen LogP contribution in [0.3, 0.4) is 0 Å². The zero-order valence-corrected chi connectivity index (χ0v) is 14.2. The SMILES string of the molecule is O=S(=O)(Cc1ccc(F)cc1)Nc1cccc(N2CCCCC2)c1. The van der Waals surface area contributed by atoms with Gasteiger partial charge in [-0.1, -0.05) is 18.2 Å². The Labute approximate surface area is 142 Å². The summed E-state index contributed by atoms with van der Waals surface area (Å²) < 4.78 is 40.2. The van der Waals surface area contributed by atoms with Crippen molar-refractivity contribution in [2.45, 2.75) is 25.0 Å². The molecule has 0 aromatic heterocycles. The van der Waals surface area contributed by atoms with E-state index >= 15 is 0 Å². The fourth-order valence-corrected chi connectivity index (χ4v) is 4.12. The fraction of sp³-hybridized carbons (Fsp3) is 0.333. The van der Waals surface area contributed by atoms with Crippen molar-refractivity contribution >= 4 is 21.4 Å². The number of nitrogens with one attached hydrogen (secondary N) is 1. The van der Waals surface area contributed by atoms with E-state index in [2.05, 4.69) is 9.62 Å². The highest BCUT2D eigenvalue weighted by molar-refractivity contribution is 7.91. The number of hydrogen-bond donors (Lipinski definition) is 1. The van der Waals surface area contributed by atoms with Gasteiger partial charge in [0.2, 0.25) is 10.0 Å². The largest absolute Gasteiger partial charge is 0.371 e. The molecule has 1 saturated heterocycles. The maximum atomic E-state index is 12.9. The molecule has 1 heterocycles. The van der Waals surface area contributed by atoms with E-state index in [0.29, 0.717) is 11.3 Å². The highest BCUT2D eigenvalue weighted by Gasteiger charge is 2.14. The standard InChI is InChI=1S/C18H21FN2O2S/c19-16-9-7-15(8-10-16)14-24(22,23)20-17-5-4-6-18(13-17)21-11-2-1-3-12-21/h4-10,13,20H,1-3,11-12,14H2.